The number of carbonyl (C=O) groups is 1. The molecule has 4 rings (SSSR count). The van der Waals surface area contributed by atoms with Crippen LogP contribution in [0.4, 0.5) is 5.13 Å². The van der Waals surface area contributed by atoms with Crippen LogP contribution in [-0.4, -0.2) is 36.0 Å². The fraction of sp³-hybridized carbons (Fsp3) is 0.200. The van der Waals surface area contributed by atoms with Gasteiger partial charge in [0, 0.05) is 41.4 Å². The van der Waals surface area contributed by atoms with Crippen LogP contribution in [-0.2, 0) is 18.3 Å². The van der Waals surface area contributed by atoms with Gasteiger partial charge >= 0.3 is 0 Å². The predicted octanol–water partition coefficient (Wildman–Crippen LogP) is 4.35. The van der Waals surface area contributed by atoms with Crippen molar-refractivity contribution >= 4 is 45.7 Å². The highest BCUT2D eigenvalue weighted by Crippen LogP contribution is 2.25. The number of thiazole rings is 1. The number of carbonyl (C=O) groups excluding carboxylic acids is 1. The number of halogens is 1. The van der Waals surface area contributed by atoms with Crippen LogP contribution >= 0.6 is 34.7 Å². The van der Waals surface area contributed by atoms with Crippen LogP contribution in [0.1, 0.15) is 17.2 Å². The summed E-state index contributed by atoms with van der Waals surface area (Å²) in [4.78, 5) is 16.6. The van der Waals surface area contributed by atoms with E-state index in [-0.39, 0.29) is 11.7 Å². The number of nitrogens with zero attached hydrogens (tertiary/aromatic N) is 5. The zero-order valence-electron chi connectivity index (χ0n) is 16.4. The molecular formula is C20H19ClN6OS2. The molecule has 1 amide bonds. The van der Waals surface area contributed by atoms with Gasteiger partial charge in [-0.1, -0.05) is 23.4 Å². The predicted molar refractivity (Wildman–Crippen MR) is 121 cm³/mol. The molecule has 0 spiro atoms. The lowest BCUT2D eigenvalue weighted by molar-refractivity contribution is -0.113. The molecule has 0 saturated carbocycles. The van der Waals surface area contributed by atoms with Crippen LogP contribution in [0, 0.1) is 6.92 Å². The largest absolute Gasteiger partial charge is 0.354 e. The molecule has 0 aliphatic heterocycles. The van der Waals surface area contributed by atoms with Crippen LogP contribution in [0.25, 0.3) is 5.69 Å². The average Bonchev–Trinajstić information content (AvgIpc) is 3.43. The molecule has 30 heavy (non-hydrogen) atoms. The number of aryl methyl sites for hydroxylation is 2. The Kier molecular flexibility index (Phi) is 6.21. The van der Waals surface area contributed by atoms with Crippen LogP contribution in [0.5, 0.6) is 0 Å². The van der Waals surface area contributed by atoms with Gasteiger partial charge in [0.15, 0.2) is 10.3 Å². The Morgan fingerprint density at radius 2 is 2.03 bits per heavy atom. The number of amides is 1. The van der Waals surface area contributed by atoms with Gasteiger partial charge in [-0.2, -0.15) is 0 Å². The van der Waals surface area contributed by atoms with E-state index in [9.17, 15) is 4.79 Å². The van der Waals surface area contributed by atoms with Gasteiger partial charge in [0.2, 0.25) is 5.91 Å². The van der Waals surface area contributed by atoms with Gasteiger partial charge in [-0.3, -0.25) is 9.36 Å². The highest BCUT2D eigenvalue weighted by atomic mass is 35.5. The van der Waals surface area contributed by atoms with E-state index in [1.54, 1.807) is 0 Å². The number of nitrogens with one attached hydrogen (secondary N) is 1. The summed E-state index contributed by atoms with van der Waals surface area (Å²) in [5.74, 6) is 0.857. The molecule has 0 fully saturated rings. The van der Waals surface area contributed by atoms with Gasteiger partial charge in [0.05, 0.1) is 11.4 Å². The highest BCUT2D eigenvalue weighted by Gasteiger charge is 2.17. The maximum atomic E-state index is 12.4. The maximum absolute atomic E-state index is 12.4. The van der Waals surface area contributed by atoms with E-state index in [4.69, 9.17) is 11.6 Å². The van der Waals surface area contributed by atoms with E-state index >= 15 is 0 Å². The van der Waals surface area contributed by atoms with E-state index in [2.05, 4.69) is 31.1 Å². The molecule has 10 heteroatoms. The fourth-order valence-corrected chi connectivity index (χ4v) is 4.50. The second-order valence-electron chi connectivity index (χ2n) is 6.63. The molecule has 3 aromatic heterocycles. The number of anilines is 1. The zero-order chi connectivity index (χ0) is 21.1. The molecule has 1 N–H and O–H groups in total. The monoisotopic (exact) mass is 458 g/mol. The van der Waals surface area contributed by atoms with Gasteiger partial charge in [0.1, 0.15) is 5.82 Å². The quantitative estimate of drug-likeness (QED) is 0.417. The summed E-state index contributed by atoms with van der Waals surface area (Å²) in [5.41, 5.74) is 2.90. The molecule has 0 saturated heterocycles. The third-order valence-corrected chi connectivity index (χ3v) is 6.43. The molecule has 0 atom stereocenters. The van der Waals surface area contributed by atoms with Crippen molar-refractivity contribution in [1.29, 1.82) is 0 Å². The topological polar surface area (TPSA) is 77.6 Å². The van der Waals surface area contributed by atoms with Crippen molar-refractivity contribution in [1.82, 2.24) is 24.3 Å². The third-order valence-electron chi connectivity index (χ3n) is 4.37. The number of hydrogen-bond donors (Lipinski definition) is 1. The second kappa shape index (κ2) is 9.03. The number of aromatic nitrogens is 5. The molecule has 154 valence electrons. The molecule has 7 nitrogen and oxygen atoms in total. The Hall–Kier alpha value is -2.62. The first-order valence-corrected chi connectivity index (χ1v) is 11.4. The normalized spacial score (nSPS) is 11.0. The lowest BCUT2D eigenvalue weighted by Crippen LogP contribution is -2.14. The summed E-state index contributed by atoms with van der Waals surface area (Å²) in [6.07, 6.45) is 2.61. The van der Waals surface area contributed by atoms with Crippen LogP contribution < -0.4 is 5.32 Å². The summed E-state index contributed by atoms with van der Waals surface area (Å²) in [6, 6.07) is 11.5. The Morgan fingerprint density at radius 3 is 2.70 bits per heavy atom. The highest BCUT2D eigenvalue weighted by molar-refractivity contribution is 7.99. The number of rotatable bonds is 7. The molecular weight excluding hydrogens is 440 g/mol. The zero-order valence-corrected chi connectivity index (χ0v) is 18.8. The molecule has 0 aliphatic carbocycles. The average molecular weight is 459 g/mol. The van der Waals surface area contributed by atoms with Crippen molar-refractivity contribution < 1.29 is 4.79 Å². The maximum Gasteiger partial charge on any atom is 0.236 e. The van der Waals surface area contributed by atoms with Crippen molar-refractivity contribution in [2.24, 2.45) is 7.05 Å². The summed E-state index contributed by atoms with van der Waals surface area (Å²) in [6.45, 7) is 1.89. The number of benzene rings is 1. The van der Waals surface area contributed by atoms with E-state index in [0.717, 1.165) is 22.9 Å². The van der Waals surface area contributed by atoms with Gasteiger partial charge in [-0.05, 0) is 43.3 Å². The molecule has 3 heterocycles. The molecule has 0 radical (unpaired) electrons. The first kappa shape index (κ1) is 20.6. The van der Waals surface area contributed by atoms with Crippen molar-refractivity contribution in [3.63, 3.8) is 0 Å². The smallest absolute Gasteiger partial charge is 0.236 e. The summed E-state index contributed by atoms with van der Waals surface area (Å²) >= 11 is 8.80. The minimum absolute atomic E-state index is 0.135. The molecule has 4 aromatic rings. The Labute approximate surface area is 187 Å². The minimum atomic E-state index is -0.135. The summed E-state index contributed by atoms with van der Waals surface area (Å²) in [5, 5.41) is 15.4. The van der Waals surface area contributed by atoms with Gasteiger partial charge < -0.3 is 9.88 Å². The number of thioether (sulfide) groups is 1. The molecule has 0 bridgehead atoms. The van der Waals surface area contributed by atoms with Crippen molar-refractivity contribution in [3.05, 3.63) is 70.2 Å². The second-order valence-corrected chi connectivity index (χ2v) is 8.87. The lowest BCUT2D eigenvalue weighted by atomic mass is 10.2. The Bertz CT molecular complexity index is 1160. The summed E-state index contributed by atoms with van der Waals surface area (Å²) < 4.78 is 4.02. The van der Waals surface area contributed by atoms with Crippen molar-refractivity contribution in [3.8, 4) is 5.69 Å². The summed E-state index contributed by atoms with van der Waals surface area (Å²) in [7, 11) is 2.00. The Morgan fingerprint density at radius 1 is 1.23 bits per heavy atom. The van der Waals surface area contributed by atoms with E-state index < -0.39 is 0 Å². The van der Waals surface area contributed by atoms with E-state index in [1.807, 2.05) is 60.4 Å². The first-order chi connectivity index (χ1) is 14.5. The number of hydrogen-bond acceptors (Lipinski definition) is 6. The van der Waals surface area contributed by atoms with Gasteiger partial charge in [0.25, 0.3) is 0 Å². The SMILES string of the molecule is Cc1csc(NC(=O)CSc2nnc(Cc3cccn3C)n2-c2ccc(Cl)cc2)n1. The lowest BCUT2D eigenvalue weighted by Gasteiger charge is -2.11. The van der Waals surface area contributed by atoms with Crippen LogP contribution in [0.15, 0.2) is 53.1 Å². The van der Waals surface area contributed by atoms with Gasteiger partial charge in [-0.15, -0.1) is 21.5 Å². The van der Waals surface area contributed by atoms with Crippen molar-refractivity contribution in [2.45, 2.75) is 18.5 Å². The third kappa shape index (κ3) is 4.75. The minimum Gasteiger partial charge on any atom is -0.354 e. The molecule has 0 aliphatic rings. The molecule has 1 aromatic carbocycles. The first-order valence-electron chi connectivity index (χ1n) is 9.15. The fourth-order valence-electron chi connectivity index (χ4n) is 2.90. The van der Waals surface area contributed by atoms with Gasteiger partial charge in [-0.25, -0.2) is 4.98 Å². The van der Waals surface area contributed by atoms with E-state index in [1.165, 1.54) is 23.1 Å². The molecule has 0 unspecified atom stereocenters. The standard InChI is InChI=1S/C20H19ClN6OS2/c1-13-11-29-19(22-13)23-18(28)12-30-20-25-24-17(10-16-4-3-9-26(16)2)27(20)15-7-5-14(21)6-8-15/h3-9,11H,10,12H2,1-2H3,(H,22,23,28). The van der Waals surface area contributed by atoms with Crippen LogP contribution in [0.2, 0.25) is 5.02 Å². The van der Waals surface area contributed by atoms with Crippen molar-refractivity contribution in [2.75, 3.05) is 11.1 Å². The Balaban J connectivity index is 1.56. The van der Waals surface area contributed by atoms with Crippen LogP contribution in [0.3, 0.4) is 0 Å². The van der Waals surface area contributed by atoms with E-state index in [0.29, 0.717) is 21.7 Å².